The molecule has 3 amide bonds. The molecule has 2 rings (SSSR count). The van der Waals surface area contributed by atoms with E-state index < -0.39 is 18.0 Å². The van der Waals surface area contributed by atoms with Crippen LogP contribution in [0.2, 0.25) is 0 Å². The van der Waals surface area contributed by atoms with E-state index in [0.717, 1.165) is 12.8 Å². The van der Waals surface area contributed by atoms with E-state index in [4.69, 9.17) is 4.74 Å². The van der Waals surface area contributed by atoms with Gasteiger partial charge in [0.2, 0.25) is 0 Å². The summed E-state index contributed by atoms with van der Waals surface area (Å²) in [5.41, 5.74) is 0.615. The summed E-state index contributed by atoms with van der Waals surface area (Å²) in [7, 11) is 0. The van der Waals surface area contributed by atoms with Crippen LogP contribution in [-0.2, 0) is 14.3 Å². The molecule has 3 N–H and O–H groups in total. The smallest absolute Gasteiger partial charge is 0.328 e. The zero-order valence-electron chi connectivity index (χ0n) is 12.3. The molecule has 1 aliphatic rings. The van der Waals surface area contributed by atoms with E-state index in [-0.39, 0.29) is 18.6 Å². The molecule has 0 aromatic heterocycles. The van der Waals surface area contributed by atoms with Gasteiger partial charge < -0.3 is 20.7 Å². The standard InChI is InChI=1S/C15H19N3O4/c1-10(14(20)22-9-13(19)17-12-7-8-12)16-15(21)18-11-5-3-2-4-6-11/h2-6,10,12H,7-9H2,1H3,(H,17,19)(H2,16,18,21)/t10-/m0/s1. The van der Waals surface area contributed by atoms with Gasteiger partial charge in [-0.1, -0.05) is 18.2 Å². The number of carbonyl (C=O) groups is 3. The highest BCUT2D eigenvalue weighted by Crippen LogP contribution is 2.18. The summed E-state index contributed by atoms with van der Waals surface area (Å²) in [5, 5.41) is 7.74. The van der Waals surface area contributed by atoms with Gasteiger partial charge in [-0.25, -0.2) is 9.59 Å². The van der Waals surface area contributed by atoms with Crippen molar-refractivity contribution in [2.45, 2.75) is 31.8 Å². The predicted molar refractivity (Wildman–Crippen MR) is 80.2 cm³/mol. The summed E-state index contributed by atoms with van der Waals surface area (Å²) >= 11 is 0. The van der Waals surface area contributed by atoms with Gasteiger partial charge in [0.25, 0.3) is 5.91 Å². The fourth-order valence-electron chi connectivity index (χ4n) is 1.70. The van der Waals surface area contributed by atoms with Crippen molar-refractivity contribution >= 4 is 23.6 Å². The van der Waals surface area contributed by atoms with Crippen LogP contribution in [0, 0.1) is 0 Å². The van der Waals surface area contributed by atoms with Crippen LogP contribution >= 0.6 is 0 Å². The first-order valence-corrected chi connectivity index (χ1v) is 7.13. The third-order valence-corrected chi connectivity index (χ3v) is 3.02. The summed E-state index contributed by atoms with van der Waals surface area (Å²) < 4.78 is 4.85. The Morgan fingerprint density at radius 1 is 1.23 bits per heavy atom. The van der Waals surface area contributed by atoms with Crippen LogP contribution in [0.1, 0.15) is 19.8 Å². The van der Waals surface area contributed by atoms with Crippen molar-refractivity contribution in [3.05, 3.63) is 30.3 Å². The molecule has 1 aromatic carbocycles. The Kier molecular flexibility index (Phi) is 5.35. The summed E-state index contributed by atoms with van der Waals surface area (Å²) in [4.78, 5) is 34.8. The first-order valence-electron chi connectivity index (χ1n) is 7.13. The van der Waals surface area contributed by atoms with Gasteiger partial charge in [0.05, 0.1) is 0 Å². The zero-order valence-corrected chi connectivity index (χ0v) is 12.3. The first kappa shape index (κ1) is 15.8. The normalized spacial score (nSPS) is 14.6. The average molecular weight is 305 g/mol. The number of ether oxygens (including phenoxy) is 1. The average Bonchev–Trinajstić information content (AvgIpc) is 3.29. The van der Waals surface area contributed by atoms with Crippen LogP contribution in [0.15, 0.2) is 30.3 Å². The number of nitrogens with one attached hydrogen (secondary N) is 3. The van der Waals surface area contributed by atoms with Gasteiger partial charge >= 0.3 is 12.0 Å². The number of hydrogen-bond donors (Lipinski definition) is 3. The van der Waals surface area contributed by atoms with Crippen molar-refractivity contribution in [3.63, 3.8) is 0 Å². The highest BCUT2D eigenvalue weighted by molar-refractivity contribution is 5.92. The van der Waals surface area contributed by atoms with Gasteiger partial charge in [-0.05, 0) is 31.9 Å². The van der Waals surface area contributed by atoms with E-state index in [9.17, 15) is 14.4 Å². The predicted octanol–water partition coefficient (Wildman–Crippen LogP) is 1.02. The van der Waals surface area contributed by atoms with Gasteiger partial charge in [0.1, 0.15) is 6.04 Å². The molecule has 1 fully saturated rings. The van der Waals surface area contributed by atoms with Gasteiger partial charge in [-0.15, -0.1) is 0 Å². The van der Waals surface area contributed by atoms with Gasteiger partial charge in [0.15, 0.2) is 6.61 Å². The molecule has 0 saturated heterocycles. The van der Waals surface area contributed by atoms with Crippen molar-refractivity contribution in [1.82, 2.24) is 10.6 Å². The molecule has 1 aliphatic carbocycles. The summed E-state index contributed by atoms with van der Waals surface area (Å²) in [6.45, 7) is 1.16. The Hall–Kier alpha value is -2.57. The van der Waals surface area contributed by atoms with Crippen LogP contribution in [0.5, 0.6) is 0 Å². The number of rotatable bonds is 6. The minimum absolute atomic E-state index is 0.221. The minimum atomic E-state index is -0.850. The van der Waals surface area contributed by atoms with Crippen molar-refractivity contribution in [2.75, 3.05) is 11.9 Å². The summed E-state index contributed by atoms with van der Waals surface area (Å²) in [6, 6.07) is 7.71. The van der Waals surface area contributed by atoms with Crippen LogP contribution in [0.4, 0.5) is 10.5 Å². The largest absolute Gasteiger partial charge is 0.454 e. The Morgan fingerprint density at radius 2 is 1.91 bits per heavy atom. The monoisotopic (exact) mass is 305 g/mol. The van der Waals surface area contributed by atoms with Crippen molar-refractivity contribution in [1.29, 1.82) is 0 Å². The van der Waals surface area contributed by atoms with E-state index in [1.807, 2.05) is 6.07 Å². The van der Waals surface area contributed by atoms with Crippen molar-refractivity contribution < 1.29 is 19.1 Å². The lowest BCUT2D eigenvalue weighted by molar-refractivity contribution is -0.150. The Bertz CT molecular complexity index is 543. The van der Waals surface area contributed by atoms with E-state index in [0.29, 0.717) is 5.69 Å². The molecular formula is C15H19N3O4. The third-order valence-electron chi connectivity index (χ3n) is 3.02. The molecule has 22 heavy (non-hydrogen) atoms. The SMILES string of the molecule is C[C@H](NC(=O)Nc1ccccc1)C(=O)OCC(=O)NC1CC1. The molecule has 1 atom stereocenters. The van der Waals surface area contributed by atoms with E-state index >= 15 is 0 Å². The molecule has 0 aliphatic heterocycles. The van der Waals surface area contributed by atoms with Crippen molar-refractivity contribution in [2.24, 2.45) is 0 Å². The molecule has 0 unspecified atom stereocenters. The maximum absolute atomic E-state index is 11.7. The molecule has 118 valence electrons. The fraction of sp³-hybridized carbons (Fsp3) is 0.400. The molecule has 0 heterocycles. The number of amides is 3. The lowest BCUT2D eigenvalue weighted by Crippen LogP contribution is -2.43. The van der Waals surface area contributed by atoms with Crippen molar-refractivity contribution in [3.8, 4) is 0 Å². The number of para-hydroxylation sites is 1. The number of carbonyl (C=O) groups excluding carboxylic acids is 3. The maximum Gasteiger partial charge on any atom is 0.328 e. The first-order chi connectivity index (χ1) is 10.5. The minimum Gasteiger partial charge on any atom is -0.454 e. The van der Waals surface area contributed by atoms with Crippen LogP contribution < -0.4 is 16.0 Å². The Labute approximate surface area is 128 Å². The van der Waals surface area contributed by atoms with Gasteiger partial charge in [-0.2, -0.15) is 0 Å². The zero-order chi connectivity index (χ0) is 15.9. The lowest BCUT2D eigenvalue weighted by atomic mass is 10.3. The number of esters is 1. The highest BCUT2D eigenvalue weighted by atomic mass is 16.5. The number of urea groups is 1. The quantitative estimate of drug-likeness (QED) is 0.684. The third kappa shape index (κ3) is 5.43. The van der Waals surface area contributed by atoms with Crippen LogP contribution in [0.25, 0.3) is 0 Å². The number of hydrogen-bond acceptors (Lipinski definition) is 4. The van der Waals surface area contributed by atoms with Crippen LogP contribution in [-0.4, -0.2) is 36.6 Å². The van der Waals surface area contributed by atoms with Gasteiger partial charge in [-0.3, -0.25) is 4.79 Å². The molecule has 7 heteroatoms. The van der Waals surface area contributed by atoms with E-state index in [1.54, 1.807) is 24.3 Å². The summed E-state index contributed by atoms with van der Waals surface area (Å²) in [5.74, 6) is -0.981. The molecular weight excluding hydrogens is 286 g/mol. The fourth-order valence-corrected chi connectivity index (χ4v) is 1.70. The van der Waals surface area contributed by atoms with Crippen LogP contribution in [0.3, 0.4) is 0 Å². The maximum atomic E-state index is 11.7. The number of anilines is 1. The Balaban J connectivity index is 1.68. The molecule has 0 bridgehead atoms. The molecule has 7 nitrogen and oxygen atoms in total. The number of benzene rings is 1. The second-order valence-corrected chi connectivity index (χ2v) is 5.14. The second-order valence-electron chi connectivity index (χ2n) is 5.14. The van der Waals surface area contributed by atoms with Gasteiger partial charge in [0, 0.05) is 11.7 Å². The molecule has 0 radical (unpaired) electrons. The second kappa shape index (κ2) is 7.44. The molecule has 1 aromatic rings. The topological polar surface area (TPSA) is 96.5 Å². The summed E-state index contributed by atoms with van der Waals surface area (Å²) in [6.07, 6.45) is 1.94. The lowest BCUT2D eigenvalue weighted by Gasteiger charge is -2.14. The Morgan fingerprint density at radius 3 is 2.55 bits per heavy atom. The highest BCUT2D eigenvalue weighted by Gasteiger charge is 2.24. The molecule has 1 saturated carbocycles. The van der Waals surface area contributed by atoms with E-state index in [1.165, 1.54) is 6.92 Å². The van der Waals surface area contributed by atoms with E-state index in [2.05, 4.69) is 16.0 Å². The molecule has 0 spiro atoms.